The predicted octanol–water partition coefficient (Wildman–Crippen LogP) is 3.82. The molecule has 14 heteroatoms. The molecule has 0 radical (unpaired) electrons. The molecule has 0 spiro atoms. The van der Waals surface area contributed by atoms with Crippen molar-refractivity contribution in [3.63, 3.8) is 0 Å². The lowest BCUT2D eigenvalue weighted by Gasteiger charge is -2.21. The van der Waals surface area contributed by atoms with Gasteiger partial charge in [0, 0.05) is 21.6 Å². The van der Waals surface area contributed by atoms with E-state index >= 15 is 0 Å². The van der Waals surface area contributed by atoms with Gasteiger partial charge >= 0.3 is 12.4 Å². The van der Waals surface area contributed by atoms with Crippen molar-refractivity contribution >= 4 is 55.9 Å². The number of aldehydes is 1. The van der Waals surface area contributed by atoms with E-state index in [1.165, 1.54) is 0 Å². The Morgan fingerprint density at radius 3 is 1.90 bits per heavy atom. The maximum absolute atomic E-state index is 12.7. The van der Waals surface area contributed by atoms with Crippen molar-refractivity contribution in [2.75, 3.05) is 20.1 Å². The second kappa shape index (κ2) is 7.70. The smallest absolute Gasteiger partial charge is 0.333 e. The number of nitrogens with zero attached hydrogens (tertiary/aromatic N) is 2. The number of alkyl halides is 6. The molecular formula is C15H8Br2F6N2O4. The molecule has 0 aromatic heterocycles. The number of fused-ring (bicyclic) bond motifs is 1. The van der Waals surface area contributed by atoms with E-state index in [0.717, 1.165) is 7.05 Å². The van der Waals surface area contributed by atoms with Gasteiger partial charge in [-0.25, -0.2) is 0 Å². The maximum atomic E-state index is 12.7. The summed E-state index contributed by atoms with van der Waals surface area (Å²) in [5.74, 6) is -4.13. The van der Waals surface area contributed by atoms with Crippen molar-refractivity contribution in [1.82, 2.24) is 9.80 Å². The van der Waals surface area contributed by atoms with E-state index < -0.39 is 74.4 Å². The molecule has 0 fully saturated rings. The number of hydrogen-bond acceptors (Lipinski definition) is 4. The second-order valence-electron chi connectivity index (χ2n) is 5.87. The molecular weight excluding hydrogens is 546 g/mol. The van der Waals surface area contributed by atoms with Crippen LogP contribution in [0.25, 0.3) is 0 Å². The highest BCUT2D eigenvalue weighted by molar-refractivity contribution is 9.11. The van der Waals surface area contributed by atoms with E-state index in [9.17, 15) is 45.5 Å². The van der Waals surface area contributed by atoms with Crippen molar-refractivity contribution in [3.8, 4) is 0 Å². The summed E-state index contributed by atoms with van der Waals surface area (Å²) in [6, 6.07) is 0. The summed E-state index contributed by atoms with van der Waals surface area (Å²) in [4.78, 5) is 48.8. The van der Waals surface area contributed by atoms with Gasteiger partial charge in [0.15, 0.2) is 6.29 Å². The van der Waals surface area contributed by atoms with Crippen molar-refractivity contribution in [1.29, 1.82) is 0 Å². The van der Waals surface area contributed by atoms with Gasteiger partial charge in [0.25, 0.3) is 17.7 Å². The van der Waals surface area contributed by atoms with E-state index in [1.807, 2.05) is 0 Å². The van der Waals surface area contributed by atoms with Crippen LogP contribution in [0.1, 0.15) is 41.4 Å². The number of carbonyl (C=O) groups excluding carboxylic acids is 4. The SMILES string of the molecule is CN(CC(F)(F)F)C(=O)c1c(Br)c2c(c(Br)c1C=O)C(=O)N(CC(F)(F)F)C2=O. The Morgan fingerprint density at radius 1 is 1.00 bits per heavy atom. The highest BCUT2D eigenvalue weighted by Gasteiger charge is 2.47. The Balaban J connectivity index is 2.67. The van der Waals surface area contributed by atoms with E-state index in [1.54, 1.807) is 0 Å². The fourth-order valence-electron chi connectivity index (χ4n) is 2.65. The first-order valence-corrected chi connectivity index (χ1v) is 8.94. The molecule has 0 bridgehead atoms. The predicted molar refractivity (Wildman–Crippen MR) is 91.7 cm³/mol. The summed E-state index contributed by atoms with van der Waals surface area (Å²) < 4.78 is 74.8. The number of halogens is 8. The Bertz CT molecular complexity index is 929. The van der Waals surface area contributed by atoms with Crippen LogP contribution in [0.3, 0.4) is 0 Å². The third kappa shape index (κ3) is 4.47. The lowest BCUT2D eigenvalue weighted by Crippen LogP contribution is -2.38. The van der Waals surface area contributed by atoms with Crippen LogP contribution in [0.15, 0.2) is 8.95 Å². The van der Waals surface area contributed by atoms with Gasteiger partial charge in [0.2, 0.25) is 0 Å². The average Bonchev–Trinajstić information content (AvgIpc) is 2.79. The first-order valence-electron chi connectivity index (χ1n) is 7.36. The Hall–Kier alpha value is -1.96. The van der Waals surface area contributed by atoms with Gasteiger partial charge in [0.05, 0.1) is 16.7 Å². The van der Waals surface area contributed by atoms with Gasteiger partial charge in [-0.2, -0.15) is 26.3 Å². The number of amides is 3. The molecule has 1 aromatic carbocycles. The van der Waals surface area contributed by atoms with Crippen LogP contribution >= 0.6 is 31.9 Å². The highest BCUT2D eigenvalue weighted by Crippen LogP contribution is 2.41. The molecule has 0 saturated heterocycles. The van der Waals surface area contributed by atoms with E-state index in [2.05, 4.69) is 31.9 Å². The zero-order chi connectivity index (χ0) is 22.5. The average molecular weight is 554 g/mol. The number of benzene rings is 1. The summed E-state index contributed by atoms with van der Waals surface area (Å²) >= 11 is 5.60. The first kappa shape index (κ1) is 23.3. The van der Waals surface area contributed by atoms with E-state index in [4.69, 9.17) is 0 Å². The Kier molecular flexibility index (Phi) is 6.19. The van der Waals surface area contributed by atoms with Crippen molar-refractivity contribution in [2.24, 2.45) is 0 Å². The molecule has 0 unspecified atom stereocenters. The van der Waals surface area contributed by atoms with Gasteiger partial charge in [-0.1, -0.05) is 0 Å². The van der Waals surface area contributed by atoms with E-state index in [-0.39, 0.29) is 16.1 Å². The minimum atomic E-state index is -4.93. The Labute approximate surface area is 175 Å². The molecule has 0 aliphatic carbocycles. The first-order chi connectivity index (χ1) is 13.1. The summed E-state index contributed by atoms with van der Waals surface area (Å²) in [6.07, 6.45) is -9.67. The quantitative estimate of drug-likeness (QED) is 0.323. The molecule has 158 valence electrons. The summed E-state index contributed by atoms with van der Waals surface area (Å²) in [6.45, 7) is -3.62. The zero-order valence-electron chi connectivity index (χ0n) is 14.0. The standard InChI is InChI=1S/C15H8Br2F6N2O4/c1-24(3-14(18,19)20)11(27)6-5(2-26)9(16)7-8(10(6)17)13(29)25(12(7)28)4-15(21,22)23/h2H,3-4H2,1H3. The topological polar surface area (TPSA) is 74.8 Å². The molecule has 29 heavy (non-hydrogen) atoms. The van der Waals surface area contributed by atoms with E-state index in [0.29, 0.717) is 0 Å². The molecule has 6 nitrogen and oxygen atoms in total. The van der Waals surface area contributed by atoms with Crippen LogP contribution in [0.5, 0.6) is 0 Å². The summed E-state index contributed by atoms with van der Waals surface area (Å²) in [5, 5.41) is 0. The zero-order valence-corrected chi connectivity index (χ0v) is 17.2. The van der Waals surface area contributed by atoms with Crippen LogP contribution in [0.4, 0.5) is 26.3 Å². The fourth-order valence-corrected chi connectivity index (χ4v) is 4.06. The summed E-state index contributed by atoms with van der Waals surface area (Å²) in [7, 11) is 0.779. The van der Waals surface area contributed by atoms with Gasteiger partial charge < -0.3 is 4.90 Å². The Morgan fingerprint density at radius 2 is 1.48 bits per heavy atom. The highest BCUT2D eigenvalue weighted by atomic mass is 79.9. The number of imide groups is 1. The monoisotopic (exact) mass is 552 g/mol. The normalized spacial score (nSPS) is 14.3. The lowest BCUT2D eigenvalue weighted by atomic mass is 9.99. The minimum absolute atomic E-state index is 0.0357. The van der Waals surface area contributed by atoms with Crippen LogP contribution in [-0.4, -0.2) is 66.3 Å². The lowest BCUT2D eigenvalue weighted by molar-refractivity contribution is -0.138. The van der Waals surface area contributed by atoms with Crippen LogP contribution in [-0.2, 0) is 0 Å². The third-order valence-electron chi connectivity index (χ3n) is 3.76. The number of hydrogen-bond donors (Lipinski definition) is 0. The van der Waals surface area contributed by atoms with Crippen LogP contribution in [0, 0.1) is 0 Å². The third-order valence-corrected chi connectivity index (χ3v) is 5.38. The molecule has 1 aliphatic heterocycles. The maximum Gasteiger partial charge on any atom is 0.406 e. The van der Waals surface area contributed by atoms with Gasteiger partial charge in [-0.05, 0) is 31.9 Å². The minimum Gasteiger partial charge on any atom is -0.333 e. The molecule has 3 amide bonds. The largest absolute Gasteiger partial charge is 0.406 e. The molecule has 2 rings (SSSR count). The molecule has 1 heterocycles. The van der Waals surface area contributed by atoms with Crippen molar-refractivity contribution in [2.45, 2.75) is 12.4 Å². The number of rotatable bonds is 4. The number of carbonyl (C=O) groups is 4. The van der Waals surface area contributed by atoms with Crippen molar-refractivity contribution in [3.05, 3.63) is 31.2 Å². The van der Waals surface area contributed by atoms with Gasteiger partial charge in [0.1, 0.15) is 13.1 Å². The van der Waals surface area contributed by atoms with Gasteiger partial charge in [-0.15, -0.1) is 0 Å². The summed E-state index contributed by atoms with van der Waals surface area (Å²) in [5.41, 5.74) is -2.57. The second-order valence-corrected chi connectivity index (χ2v) is 7.46. The molecule has 0 saturated carbocycles. The molecule has 0 N–H and O–H groups in total. The van der Waals surface area contributed by atoms with Crippen LogP contribution in [0.2, 0.25) is 0 Å². The van der Waals surface area contributed by atoms with Gasteiger partial charge in [-0.3, -0.25) is 24.1 Å². The molecule has 1 aliphatic rings. The van der Waals surface area contributed by atoms with Crippen LogP contribution < -0.4 is 0 Å². The molecule has 0 atom stereocenters. The fraction of sp³-hybridized carbons (Fsp3) is 0.333. The molecule has 1 aromatic rings. The van der Waals surface area contributed by atoms with Crippen molar-refractivity contribution < 1.29 is 45.5 Å².